The van der Waals surface area contributed by atoms with Gasteiger partial charge in [-0.15, -0.1) is 0 Å². The van der Waals surface area contributed by atoms with Gasteiger partial charge in [0, 0.05) is 82.8 Å². The maximum Gasteiger partial charge on any atom is 0.329 e. The molecule has 8 rings (SSSR count). The minimum absolute atomic E-state index is 0.0440. The van der Waals surface area contributed by atoms with Crippen LogP contribution in [-0.4, -0.2) is 109 Å². The van der Waals surface area contributed by atoms with Crippen LogP contribution in [0.3, 0.4) is 0 Å². The number of anilines is 1. The third kappa shape index (κ3) is 8.61. The Labute approximate surface area is 365 Å². The molecule has 63 heavy (non-hydrogen) atoms. The number of aryl methyl sites for hydroxylation is 2. The van der Waals surface area contributed by atoms with Crippen LogP contribution >= 0.6 is 0 Å². The normalized spacial score (nSPS) is 20.9. The van der Waals surface area contributed by atoms with E-state index in [0.717, 1.165) is 61.9 Å². The van der Waals surface area contributed by atoms with Crippen LogP contribution in [0.2, 0.25) is 0 Å². The summed E-state index contributed by atoms with van der Waals surface area (Å²) in [7, 11) is 5.23. The summed E-state index contributed by atoms with van der Waals surface area (Å²) in [6.45, 7) is 7.32. The van der Waals surface area contributed by atoms with Gasteiger partial charge >= 0.3 is 5.69 Å². The summed E-state index contributed by atoms with van der Waals surface area (Å²) >= 11 is 0. The Morgan fingerprint density at radius 2 is 1.81 bits per heavy atom. The topological polar surface area (TPSA) is 204 Å². The van der Waals surface area contributed by atoms with Crippen molar-refractivity contribution in [3.05, 3.63) is 93.3 Å². The number of aromatic nitrogens is 5. The van der Waals surface area contributed by atoms with Gasteiger partial charge in [0.2, 0.25) is 23.7 Å². The van der Waals surface area contributed by atoms with Gasteiger partial charge in [0.1, 0.15) is 6.04 Å². The van der Waals surface area contributed by atoms with Gasteiger partial charge in [-0.2, -0.15) is 0 Å². The summed E-state index contributed by atoms with van der Waals surface area (Å²) in [5, 5.41) is 5.42. The number of hydrogen-bond acceptors (Lipinski definition) is 11. The van der Waals surface area contributed by atoms with Gasteiger partial charge in [0.25, 0.3) is 11.8 Å². The molecule has 5 aromatic rings. The molecule has 2 bridgehead atoms. The van der Waals surface area contributed by atoms with E-state index in [0.29, 0.717) is 70.5 Å². The number of hydrogen-bond donors (Lipinski definition) is 3. The number of carbonyl (C=O) groups excluding carboxylic acids is 4. The quantitative estimate of drug-likeness (QED) is 0.208. The molecule has 1 unspecified atom stereocenters. The Morgan fingerprint density at radius 1 is 1.02 bits per heavy atom. The number of imide groups is 1. The molecular weight excluding hydrogens is 803 g/mol. The van der Waals surface area contributed by atoms with E-state index in [4.69, 9.17) is 15.5 Å². The third-order valence-corrected chi connectivity index (χ3v) is 12.7. The van der Waals surface area contributed by atoms with E-state index >= 15 is 0 Å². The smallest absolute Gasteiger partial charge is 0.329 e. The van der Waals surface area contributed by atoms with Gasteiger partial charge in [-0.25, -0.2) is 9.78 Å². The van der Waals surface area contributed by atoms with E-state index in [1.807, 2.05) is 53.8 Å². The minimum atomic E-state index is -0.731. The number of carbonyl (C=O) groups is 4. The third-order valence-electron chi connectivity index (χ3n) is 12.7. The lowest BCUT2D eigenvalue weighted by Gasteiger charge is -2.37. The van der Waals surface area contributed by atoms with Crippen LogP contribution in [0.4, 0.5) is 5.95 Å². The molecule has 3 aromatic heterocycles. The predicted octanol–water partition coefficient (Wildman–Crippen LogP) is 4.18. The molecule has 17 nitrogen and oxygen atoms in total. The number of rotatable bonds is 6. The van der Waals surface area contributed by atoms with Crippen LogP contribution in [0.15, 0.2) is 64.5 Å². The highest BCUT2D eigenvalue weighted by Crippen LogP contribution is 2.29. The van der Waals surface area contributed by atoms with Gasteiger partial charge in [-0.3, -0.25) is 48.9 Å². The van der Waals surface area contributed by atoms with Crippen LogP contribution in [-0.2, 0) is 34.3 Å². The molecule has 4 N–H and O–H groups in total. The molecule has 2 atom stereocenters. The standard InChI is InChI=1S/C46H55N11O6/c1-27-8-7-21-63-43(48-3)33(25-47)35-23-31(22-28(2)49-35)41(59)52-45-50-34-12-11-30(24-38(34)56(45)26-27)44(61)53(4)32-16-19-55(20-17-32)18-15-29-9-6-10-36-40(29)54(5)46(62)57(36)37-13-14-39(58)51-42(37)60/h6,9-12,22-25,27,32,37H,7-8,13-21,26,47H2,1-5H3,(H,50,52,59)(H,51,58,60)/t27-,37?/m1/s1. The lowest BCUT2D eigenvalue weighted by molar-refractivity contribution is -0.135. The van der Waals surface area contributed by atoms with Crippen LogP contribution in [0.25, 0.3) is 27.6 Å². The van der Waals surface area contributed by atoms with E-state index < -0.39 is 11.9 Å². The van der Waals surface area contributed by atoms with Crippen molar-refractivity contribution < 1.29 is 23.9 Å². The number of nitrogens with two attached hydrogens (primary N) is 1. The second-order valence-corrected chi connectivity index (χ2v) is 17.0. The summed E-state index contributed by atoms with van der Waals surface area (Å²) in [6.07, 6.45) is 5.77. The van der Waals surface area contributed by atoms with Crippen molar-refractivity contribution in [2.24, 2.45) is 23.7 Å². The first-order valence-electron chi connectivity index (χ1n) is 21.7. The molecule has 2 saturated heterocycles. The van der Waals surface area contributed by atoms with Crippen LogP contribution < -0.4 is 22.1 Å². The summed E-state index contributed by atoms with van der Waals surface area (Å²) < 4.78 is 11.2. The molecule has 0 radical (unpaired) electrons. The van der Waals surface area contributed by atoms with Gasteiger partial charge in [-0.05, 0) is 93.3 Å². The molecule has 3 aliphatic heterocycles. The number of piperidine rings is 2. The van der Waals surface area contributed by atoms with Crippen LogP contribution in [0, 0.1) is 12.8 Å². The summed E-state index contributed by atoms with van der Waals surface area (Å²) in [5.74, 6) is -0.281. The lowest BCUT2D eigenvalue weighted by atomic mass is 10.0. The summed E-state index contributed by atoms with van der Waals surface area (Å²) in [5.41, 5.74) is 12.2. The zero-order valence-corrected chi connectivity index (χ0v) is 36.5. The number of fused-ring (bicyclic) bond motifs is 6. The summed E-state index contributed by atoms with van der Waals surface area (Å²) in [4.78, 5) is 84.0. The highest BCUT2D eigenvalue weighted by molar-refractivity contribution is 6.19. The Balaban J connectivity index is 0.959. The fourth-order valence-corrected chi connectivity index (χ4v) is 9.31. The number of nitrogens with zero attached hydrogens (tertiary/aromatic N) is 8. The van der Waals surface area contributed by atoms with Crippen molar-refractivity contribution in [3.8, 4) is 0 Å². The van der Waals surface area contributed by atoms with Gasteiger partial charge in [-0.1, -0.05) is 19.1 Å². The maximum absolute atomic E-state index is 14.2. The second-order valence-electron chi connectivity index (χ2n) is 17.0. The molecule has 330 valence electrons. The number of amides is 4. The number of nitrogens with one attached hydrogen (secondary N) is 2. The number of para-hydroxylation sites is 1. The number of imidazole rings is 2. The average molecular weight is 858 g/mol. The largest absolute Gasteiger partial charge is 0.477 e. The van der Waals surface area contributed by atoms with Crippen molar-refractivity contribution in [2.75, 3.05) is 45.7 Å². The molecule has 4 amide bonds. The van der Waals surface area contributed by atoms with Crippen molar-refractivity contribution in [3.63, 3.8) is 0 Å². The monoisotopic (exact) mass is 857 g/mol. The molecular formula is C46H55N11O6. The second kappa shape index (κ2) is 18.0. The molecule has 0 spiro atoms. The van der Waals surface area contributed by atoms with Crippen LogP contribution in [0.1, 0.15) is 89.2 Å². The molecule has 2 fully saturated rings. The summed E-state index contributed by atoms with van der Waals surface area (Å²) in [6, 6.07) is 14.0. The molecule has 0 aliphatic carbocycles. The maximum atomic E-state index is 14.2. The fraction of sp³-hybridized carbons (Fsp3) is 0.435. The minimum Gasteiger partial charge on any atom is -0.477 e. The van der Waals surface area contributed by atoms with E-state index in [1.54, 1.807) is 36.9 Å². The van der Waals surface area contributed by atoms with Gasteiger partial charge in [0.15, 0.2) is 0 Å². The van der Waals surface area contributed by atoms with E-state index in [2.05, 4.69) is 32.4 Å². The molecule has 6 heterocycles. The zero-order chi connectivity index (χ0) is 44.5. The Morgan fingerprint density at radius 3 is 2.56 bits per heavy atom. The van der Waals surface area contributed by atoms with Gasteiger partial charge < -0.3 is 24.8 Å². The number of likely N-dealkylation sites (tertiary alicyclic amines) is 1. The van der Waals surface area contributed by atoms with Crippen molar-refractivity contribution >= 4 is 63.1 Å². The lowest BCUT2D eigenvalue weighted by Crippen LogP contribution is -2.46. The van der Waals surface area contributed by atoms with Gasteiger partial charge in [0.05, 0.1) is 39.9 Å². The zero-order valence-electron chi connectivity index (χ0n) is 36.5. The SMILES string of the molecule is CN=C1OCCC[C@@H](C)Cn2c(nc3ccc(C(=O)N(C)C4CCN(CCc5cccc6c5n(C)c(=O)n6C5CCC(=O)NC5=O)CC4)cc32)NC(=O)c2cc(C)nc(c2)C1=CN. The fourth-order valence-electron chi connectivity index (χ4n) is 9.31. The Kier molecular flexibility index (Phi) is 12.3. The van der Waals surface area contributed by atoms with Crippen molar-refractivity contribution in [1.82, 2.24) is 38.8 Å². The molecule has 2 aromatic carbocycles. The number of aliphatic imine (C=N–C) groups is 1. The van der Waals surface area contributed by atoms with Crippen LogP contribution in [0.5, 0.6) is 0 Å². The number of pyridine rings is 1. The highest BCUT2D eigenvalue weighted by atomic mass is 16.5. The predicted molar refractivity (Wildman–Crippen MR) is 240 cm³/mol. The Bertz CT molecular complexity index is 2740. The average Bonchev–Trinajstić information content (AvgIpc) is 3.74. The molecule has 17 heteroatoms. The van der Waals surface area contributed by atoms with Crippen molar-refractivity contribution in [2.45, 2.75) is 77.4 Å². The number of benzene rings is 2. The first kappa shape index (κ1) is 43.0. The first-order valence-corrected chi connectivity index (χ1v) is 21.7. The molecule has 0 saturated carbocycles. The highest BCUT2D eigenvalue weighted by Gasteiger charge is 2.32. The van der Waals surface area contributed by atoms with E-state index in [-0.39, 0.29) is 48.2 Å². The first-order chi connectivity index (χ1) is 30.3. The van der Waals surface area contributed by atoms with Crippen molar-refractivity contribution in [1.29, 1.82) is 0 Å². The van der Waals surface area contributed by atoms with E-state index in [9.17, 15) is 24.0 Å². The molecule has 3 aliphatic rings. The number of ether oxygens (including phenoxy) is 1. The van der Waals surface area contributed by atoms with E-state index in [1.165, 1.54) is 10.8 Å². The Hall–Kier alpha value is -6.62.